The number of nitrogens with one attached hydrogen (secondary N) is 3. The molecular formula is C25H34ClN3O. The van der Waals surface area contributed by atoms with Crippen LogP contribution in [0.1, 0.15) is 49.4 Å². The second-order valence-corrected chi connectivity index (χ2v) is 9.72. The number of benzene rings is 2. The van der Waals surface area contributed by atoms with Gasteiger partial charge in [0.15, 0.2) is 0 Å². The number of rotatable bonds is 7. The van der Waals surface area contributed by atoms with Gasteiger partial charge in [0, 0.05) is 13.1 Å². The van der Waals surface area contributed by atoms with Crippen molar-refractivity contribution < 1.29 is 4.79 Å². The summed E-state index contributed by atoms with van der Waals surface area (Å²) in [5.41, 5.74) is 6.20. The Kier molecular flexibility index (Phi) is 7.79. The minimum atomic E-state index is 0.0810. The lowest BCUT2D eigenvalue weighted by Gasteiger charge is -2.18. The van der Waals surface area contributed by atoms with E-state index in [2.05, 4.69) is 54.9 Å². The molecule has 1 aliphatic heterocycles. The molecule has 2 aromatic carbocycles. The average molecular weight is 428 g/mol. The summed E-state index contributed by atoms with van der Waals surface area (Å²) < 4.78 is 0. The van der Waals surface area contributed by atoms with Crippen LogP contribution in [0.3, 0.4) is 0 Å². The SMILES string of the molecule is CC(C)(C)CCNC(=O)Cc1ccc(CNc2c(Cl)ccc3c2CCNCC3)cc1. The average Bonchev–Trinajstić information content (AvgIpc) is 2.93. The molecule has 0 radical (unpaired) electrons. The lowest BCUT2D eigenvalue weighted by molar-refractivity contribution is -0.120. The number of carbonyl (C=O) groups excluding carboxylic acids is 1. The van der Waals surface area contributed by atoms with Crippen molar-refractivity contribution in [2.24, 2.45) is 5.41 Å². The Hall–Kier alpha value is -2.04. The zero-order valence-electron chi connectivity index (χ0n) is 18.4. The van der Waals surface area contributed by atoms with Crippen LogP contribution in [-0.4, -0.2) is 25.5 Å². The van der Waals surface area contributed by atoms with Gasteiger partial charge in [0.1, 0.15) is 0 Å². The van der Waals surface area contributed by atoms with Crippen LogP contribution in [0.15, 0.2) is 36.4 Å². The van der Waals surface area contributed by atoms with Gasteiger partial charge in [0.2, 0.25) is 5.91 Å². The fraction of sp³-hybridized carbons (Fsp3) is 0.480. The minimum absolute atomic E-state index is 0.0810. The first-order valence-electron chi connectivity index (χ1n) is 10.9. The molecule has 3 rings (SSSR count). The van der Waals surface area contributed by atoms with Crippen molar-refractivity contribution >= 4 is 23.2 Å². The number of carbonyl (C=O) groups is 1. The second-order valence-electron chi connectivity index (χ2n) is 9.32. The highest BCUT2D eigenvalue weighted by atomic mass is 35.5. The van der Waals surface area contributed by atoms with Gasteiger partial charge < -0.3 is 16.0 Å². The first kappa shape index (κ1) is 22.6. The Morgan fingerprint density at radius 3 is 2.47 bits per heavy atom. The second kappa shape index (κ2) is 10.3. The van der Waals surface area contributed by atoms with Crippen molar-refractivity contribution in [1.29, 1.82) is 0 Å². The Bertz CT molecular complexity index is 856. The van der Waals surface area contributed by atoms with Gasteiger partial charge in [0.05, 0.1) is 17.1 Å². The predicted octanol–water partition coefficient (Wildman–Crippen LogP) is 4.74. The smallest absolute Gasteiger partial charge is 0.224 e. The lowest BCUT2D eigenvalue weighted by Crippen LogP contribution is -2.28. The normalized spacial score (nSPS) is 14.0. The first-order chi connectivity index (χ1) is 14.3. The molecule has 4 nitrogen and oxygen atoms in total. The Morgan fingerprint density at radius 1 is 1.03 bits per heavy atom. The van der Waals surface area contributed by atoms with E-state index in [9.17, 15) is 4.79 Å². The van der Waals surface area contributed by atoms with E-state index in [1.54, 1.807) is 0 Å². The zero-order chi connectivity index (χ0) is 21.6. The van der Waals surface area contributed by atoms with Crippen LogP contribution in [0.25, 0.3) is 0 Å². The highest BCUT2D eigenvalue weighted by molar-refractivity contribution is 6.33. The molecule has 0 saturated heterocycles. The molecule has 3 N–H and O–H groups in total. The maximum absolute atomic E-state index is 12.2. The Labute approximate surface area is 185 Å². The number of amides is 1. The molecule has 1 aliphatic rings. The molecule has 5 heteroatoms. The monoisotopic (exact) mass is 427 g/mol. The highest BCUT2D eigenvalue weighted by Gasteiger charge is 2.15. The van der Waals surface area contributed by atoms with Gasteiger partial charge in [-0.3, -0.25) is 4.79 Å². The molecule has 0 unspecified atom stereocenters. The van der Waals surface area contributed by atoms with Crippen molar-refractivity contribution in [3.63, 3.8) is 0 Å². The van der Waals surface area contributed by atoms with Gasteiger partial charge in [-0.2, -0.15) is 0 Å². The summed E-state index contributed by atoms with van der Waals surface area (Å²) in [6, 6.07) is 12.4. The number of fused-ring (bicyclic) bond motifs is 1. The van der Waals surface area contributed by atoms with Crippen LogP contribution >= 0.6 is 11.6 Å². The van der Waals surface area contributed by atoms with Crippen LogP contribution in [0.5, 0.6) is 0 Å². The van der Waals surface area contributed by atoms with E-state index in [0.29, 0.717) is 13.0 Å². The predicted molar refractivity (Wildman–Crippen MR) is 126 cm³/mol. The molecule has 0 aromatic heterocycles. The molecule has 0 atom stereocenters. The van der Waals surface area contributed by atoms with Crippen LogP contribution in [0.4, 0.5) is 5.69 Å². The molecule has 0 spiro atoms. The molecule has 1 heterocycles. The van der Waals surface area contributed by atoms with Crippen molar-refractivity contribution in [1.82, 2.24) is 10.6 Å². The number of hydrogen-bond acceptors (Lipinski definition) is 3. The summed E-state index contributed by atoms with van der Waals surface area (Å²) in [5, 5.41) is 10.8. The molecule has 0 saturated carbocycles. The number of hydrogen-bond donors (Lipinski definition) is 3. The van der Waals surface area contributed by atoms with Crippen LogP contribution in [0, 0.1) is 5.41 Å². The molecule has 0 aliphatic carbocycles. The van der Waals surface area contributed by atoms with Crippen molar-refractivity contribution in [2.75, 3.05) is 25.0 Å². The van der Waals surface area contributed by atoms with Crippen LogP contribution < -0.4 is 16.0 Å². The molecular weight excluding hydrogens is 394 g/mol. The minimum Gasteiger partial charge on any atom is -0.380 e. The maximum atomic E-state index is 12.2. The summed E-state index contributed by atoms with van der Waals surface area (Å²) >= 11 is 6.51. The molecule has 0 bridgehead atoms. The molecule has 0 fully saturated rings. The molecule has 162 valence electrons. The number of halogens is 1. The molecule has 30 heavy (non-hydrogen) atoms. The third-order valence-corrected chi connectivity index (χ3v) is 5.85. The third kappa shape index (κ3) is 6.75. The standard InChI is InChI=1S/C25H34ClN3O/c1-25(2,3)12-15-28-23(30)16-18-4-6-19(7-5-18)17-29-24-21-11-14-27-13-10-20(21)8-9-22(24)26/h4-9,27,29H,10-17H2,1-3H3,(H,28,30). The van der Waals surface area contributed by atoms with E-state index >= 15 is 0 Å². The van der Waals surface area contributed by atoms with E-state index in [-0.39, 0.29) is 11.3 Å². The van der Waals surface area contributed by atoms with Gasteiger partial charge in [-0.25, -0.2) is 0 Å². The Morgan fingerprint density at radius 2 is 1.73 bits per heavy atom. The summed E-state index contributed by atoms with van der Waals surface area (Å²) in [6.07, 6.45) is 3.42. The fourth-order valence-electron chi connectivity index (χ4n) is 3.72. The molecule has 2 aromatic rings. The first-order valence-corrected chi connectivity index (χ1v) is 11.3. The summed E-state index contributed by atoms with van der Waals surface area (Å²) in [7, 11) is 0. The van der Waals surface area contributed by atoms with E-state index < -0.39 is 0 Å². The zero-order valence-corrected chi connectivity index (χ0v) is 19.2. The summed E-state index contributed by atoms with van der Waals surface area (Å²) in [5.74, 6) is 0.0810. The lowest BCUT2D eigenvalue weighted by atomic mass is 9.92. The van der Waals surface area contributed by atoms with E-state index in [1.807, 2.05) is 18.2 Å². The quantitative estimate of drug-likeness (QED) is 0.598. The van der Waals surface area contributed by atoms with Gasteiger partial charge in [-0.05, 0) is 66.1 Å². The third-order valence-electron chi connectivity index (χ3n) is 5.54. The highest BCUT2D eigenvalue weighted by Crippen LogP contribution is 2.31. The van der Waals surface area contributed by atoms with E-state index in [4.69, 9.17) is 11.6 Å². The fourth-order valence-corrected chi connectivity index (χ4v) is 3.97. The Balaban J connectivity index is 1.55. The van der Waals surface area contributed by atoms with Gasteiger partial charge in [0.25, 0.3) is 0 Å². The van der Waals surface area contributed by atoms with Crippen molar-refractivity contribution in [3.8, 4) is 0 Å². The van der Waals surface area contributed by atoms with E-state index in [0.717, 1.165) is 55.2 Å². The summed E-state index contributed by atoms with van der Waals surface area (Å²) in [4.78, 5) is 12.2. The van der Waals surface area contributed by atoms with Crippen molar-refractivity contribution in [2.45, 2.75) is 53.0 Å². The van der Waals surface area contributed by atoms with Crippen molar-refractivity contribution in [3.05, 3.63) is 63.7 Å². The summed E-state index contributed by atoms with van der Waals surface area (Å²) in [6.45, 7) is 9.98. The van der Waals surface area contributed by atoms with Crippen LogP contribution in [0.2, 0.25) is 5.02 Å². The maximum Gasteiger partial charge on any atom is 0.224 e. The van der Waals surface area contributed by atoms with Gasteiger partial charge >= 0.3 is 0 Å². The van der Waals surface area contributed by atoms with Gasteiger partial charge in [-0.15, -0.1) is 0 Å². The number of anilines is 1. The van der Waals surface area contributed by atoms with Crippen LogP contribution in [-0.2, 0) is 30.6 Å². The largest absolute Gasteiger partial charge is 0.380 e. The topological polar surface area (TPSA) is 53.2 Å². The van der Waals surface area contributed by atoms with Gasteiger partial charge in [-0.1, -0.05) is 62.7 Å². The molecule has 1 amide bonds. The van der Waals surface area contributed by atoms with E-state index in [1.165, 1.54) is 16.7 Å².